The molecule has 1 fully saturated rings. The lowest BCUT2D eigenvalue weighted by Crippen LogP contribution is -2.29. The molecule has 5 aromatic heterocycles. The Labute approximate surface area is 178 Å². The molecule has 0 bridgehead atoms. The fourth-order valence-electron chi connectivity index (χ4n) is 4.49. The number of likely N-dealkylation sites (tertiary alicyclic amines) is 1. The molecule has 5 aromatic rings. The van der Waals surface area contributed by atoms with Crippen LogP contribution in [-0.2, 0) is 7.05 Å². The maximum Gasteiger partial charge on any atom is 0.159 e. The van der Waals surface area contributed by atoms with Crippen LogP contribution in [0.25, 0.3) is 44.7 Å². The average molecular weight is 413 g/mol. The van der Waals surface area contributed by atoms with Crippen molar-refractivity contribution in [1.82, 2.24) is 44.8 Å². The van der Waals surface area contributed by atoms with Gasteiger partial charge in [-0.25, -0.2) is 4.98 Å². The quantitative estimate of drug-likeness (QED) is 0.471. The summed E-state index contributed by atoms with van der Waals surface area (Å²) in [4.78, 5) is 19.8. The van der Waals surface area contributed by atoms with Gasteiger partial charge in [-0.3, -0.25) is 19.7 Å². The number of hydrogen-bond donors (Lipinski definition) is 2. The van der Waals surface area contributed by atoms with Crippen LogP contribution in [0.2, 0.25) is 0 Å². The van der Waals surface area contributed by atoms with Gasteiger partial charge in [0.2, 0.25) is 0 Å². The first-order chi connectivity index (χ1) is 15.2. The van der Waals surface area contributed by atoms with Crippen LogP contribution in [0.3, 0.4) is 0 Å². The smallest absolute Gasteiger partial charge is 0.159 e. The molecule has 0 aromatic carbocycles. The van der Waals surface area contributed by atoms with Crippen molar-refractivity contribution in [2.75, 3.05) is 20.1 Å². The van der Waals surface area contributed by atoms with Gasteiger partial charge in [0.1, 0.15) is 5.69 Å². The summed E-state index contributed by atoms with van der Waals surface area (Å²) in [6.45, 7) is 2.21. The second-order valence-electron chi connectivity index (χ2n) is 8.38. The first kappa shape index (κ1) is 18.2. The second-order valence-corrected chi connectivity index (χ2v) is 8.38. The second kappa shape index (κ2) is 6.98. The van der Waals surface area contributed by atoms with Crippen LogP contribution < -0.4 is 0 Å². The zero-order chi connectivity index (χ0) is 20.9. The molecule has 0 unspecified atom stereocenters. The van der Waals surface area contributed by atoms with Gasteiger partial charge in [0.05, 0.1) is 40.8 Å². The number of nitrogens with one attached hydrogen (secondary N) is 2. The number of aryl methyl sites for hydroxylation is 1. The highest BCUT2D eigenvalue weighted by molar-refractivity contribution is 5.94. The third-order valence-electron chi connectivity index (χ3n) is 6.25. The third kappa shape index (κ3) is 3.09. The number of fused-ring (bicyclic) bond motifs is 2. The van der Waals surface area contributed by atoms with E-state index in [1.165, 1.54) is 5.56 Å². The Morgan fingerprint density at radius 3 is 2.71 bits per heavy atom. The maximum absolute atomic E-state index is 4.98. The van der Waals surface area contributed by atoms with E-state index in [1.807, 2.05) is 44.1 Å². The molecule has 6 rings (SSSR count). The van der Waals surface area contributed by atoms with Crippen molar-refractivity contribution >= 4 is 21.9 Å². The molecule has 0 atom stereocenters. The van der Waals surface area contributed by atoms with Crippen molar-refractivity contribution in [3.05, 3.63) is 42.6 Å². The lowest BCUT2D eigenvalue weighted by molar-refractivity contribution is 0.256. The summed E-state index contributed by atoms with van der Waals surface area (Å²) in [7, 11) is 4.08. The minimum Gasteiger partial charge on any atom is -0.335 e. The van der Waals surface area contributed by atoms with Gasteiger partial charge < -0.3 is 9.88 Å². The molecular weight excluding hydrogens is 390 g/mol. The van der Waals surface area contributed by atoms with E-state index in [0.717, 1.165) is 70.6 Å². The standard InChI is InChI=1S/C22H23N9/c1-30-5-3-13(4-6-30)16-9-23-10-19-20(16)27-22(26-19)21-15-7-17(14-8-25-31(2)12-14)24-11-18(15)28-29-21/h7-13H,3-6H2,1-2H3,(H,26,27)(H,28,29). The molecule has 1 saturated heterocycles. The van der Waals surface area contributed by atoms with Gasteiger partial charge >= 0.3 is 0 Å². The van der Waals surface area contributed by atoms with E-state index in [2.05, 4.69) is 42.2 Å². The summed E-state index contributed by atoms with van der Waals surface area (Å²) >= 11 is 0. The first-order valence-electron chi connectivity index (χ1n) is 10.5. The highest BCUT2D eigenvalue weighted by Crippen LogP contribution is 2.34. The minimum atomic E-state index is 0.487. The van der Waals surface area contributed by atoms with Crippen molar-refractivity contribution in [2.45, 2.75) is 18.8 Å². The maximum atomic E-state index is 4.98. The number of pyridine rings is 2. The largest absolute Gasteiger partial charge is 0.335 e. The molecule has 1 aliphatic rings. The highest BCUT2D eigenvalue weighted by Gasteiger charge is 2.23. The number of aromatic amines is 2. The zero-order valence-corrected chi connectivity index (χ0v) is 17.5. The third-order valence-corrected chi connectivity index (χ3v) is 6.25. The summed E-state index contributed by atoms with van der Waals surface area (Å²) in [6, 6.07) is 2.04. The van der Waals surface area contributed by atoms with E-state index in [4.69, 9.17) is 4.98 Å². The Morgan fingerprint density at radius 1 is 1.03 bits per heavy atom. The number of piperidine rings is 1. The molecular formula is C22H23N9. The van der Waals surface area contributed by atoms with Gasteiger partial charge in [0, 0.05) is 36.0 Å². The van der Waals surface area contributed by atoms with E-state index in [0.29, 0.717) is 5.92 Å². The molecule has 0 saturated carbocycles. The van der Waals surface area contributed by atoms with Crippen LogP contribution in [0.15, 0.2) is 37.1 Å². The van der Waals surface area contributed by atoms with E-state index < -0.39 is 0 Å². The fourth-order valence-corrected chi connectivity index (χ4v) is 4.49. The van der Waals surface area contributed by atoms with E-state index >= 15 is 0 Å². The zero-order valence-electron chi connectivity index (χ0n) is 17.5. The number of rotatable bonds is 3. The molecule has 31 heavy (non-hydrogen) atoms. The Kier molecular flexibility index (Phi) is 4.10. The van der Waals surface area contributed by atoms with Crippen molar-refractivity contribution < 1.29 is 0 Å². The lowest BCUT2D eigenvalue weighted by Gasteiger charge is -2.29. The van der Waals surface area contributed by atoms with Crippen molar-refractivity contribution in [2.24, 2.45) is 7.05 Å². The topological polar surface area (TPSA) is 104 Å². The Bertz CT molecular complexity index is 1380. The molecule has 1 aliphatic heterocycles. The van der Waals surface area contributed by atoms with Gasteiger partial charge in [0.25, 0.3) is 0 Å². The highest BCUT2D eigenvalue weighted by atomic mass is 15.2. The fraction of sp³-hybridized carbons (Fsp3) is 0.318. The van der Waals surface area contributed by atoms with E-state index in [-0.39, 0.29) is 0 Å². The number of H-pyrrole nitrogens is 2. The average Bonchev–Trinajstić information content (AvgIpc) is 3.51. The van der Waals surface area contributed by atoms with E-state index in [9.17, 15) is 0 Å². The number of imidazole rings is 1. The molecule has 9 heteroatoms. The molecule has 0 amide bonds. The molecule has 2 N–H and O–H groups in total. The molecule has 0 radical (unpaired) electrons. The summed E-state index contributed by atoms with van der Waals surface area (Å²) in [6.07, 6.45) is 11.7. The summed E-state index contributed by atoms with van der Waals surface area (Å²) in [5.74, 6) is 1.23. The van der Waals surface area contributed by atoms with Gasteiger partial charge in [-0.2, -0.15) is 10.2 Å². The number of aromatic nitrogens is 8. The Hall–Kier alpha value is -3.59. The number of hydrogen-bond acceptors (Lipinski definition) is 6. The Morgan fingerprint density at radius 2 is 1.90 bits per heavy atom. The first-order valence-corrected chi connectivity index (χ1v) is 10.5. The summed E-state index contributed by atoms with van der Waals surface area (Å²) in [5, 5.41) is 12.9. The Balaban J connectivity index is 1.44. The molecule has 9 nitrogen and oxygen atoms in total. The monoisotopic (exact) mass is 413 g/mol. The van der Waals surface area contributed by atoms with Crippen LogP contribution in [-0.4, -0.2) is 65.0 Å². The van der Waals surface area contributed by atoms with Gasteiger partial charge in [-0.05, 0) is 45.0 Å². The van der Waals surface area contributed by atoms with Crippen molar-refractivity contribution in [3.63, 3.8) is 0 Å². The van der Waals surface area contributed by atoms with Gasteiger partial charge in [-0.15, -0.1) is 0 Å². The molecule has 0 aliphatic carbocycles. The van der Waals surface area contributed by atoms with Crippen LogP contribution in [0.5, 0.6) is 0 Å². The predicted octanol–water partition coefficient (Wildman–Crippen LogP) is 3.11. The van der Waals surface area contributed by atoms with Crippen LogP contribution >= 0.6 is 0 Å². The normalized spacial score (nSPS) is 15.9. The summed E-state index contributed by atoms with van der Waals surface area (Å²) < 4.78 is 1.77. The minimum absolute atomic E-state index is 0.487. The predicted molar refractivity (Wildman–Crippen MR) is 118 cm³/mol. The van der Waals surface area contributed by atoms with Crippen molar-refractivity contribution in [3.8, 4) is 22.8 Å². The summed E-state index contributed by atoms with van der Waals surface area (Å²) in [5.41, 5.74) is 6.65. The van der Waals surface area contributed by atoms with Gasteiger partial charge in [-0.1, -0.05) is 0 Å². The van der Waals surface area contributed by atoms with E-state index in [1.54, 1.807) is 4.68 Å². The van der Waals surface area contributed by atoms with Gasteiger partial charge in [0.15, 0.2) is 5.82 Å². The van der Waals surface area contributed by atoms with Crippen LogP contribution in [0.1, 0.15) is 24.3 Å². The SMILES string of the molecule is CN1CCC(c2cncc3[nH]c(-c4n[nH]c5cnc(-c6cnn(C)c6)cc45)nc23)CC1. The van der Waals surface area contributed by atoms with Crippen LogP contribution in [0, 0.1) is 0 Å². The molecule has 6 heterocycles. The number of nitrogens with zero attached hydrogens (tertiary/aromatic N) is 7. The van der Waals surface area contributed by atoms with Crippen molar-refractivity contribution in [1.29, 1.82) is 0 Å². The molecule has 0 spiro atoms. The van der Waals surface area contributed by atoms with Crippen LogP contribution in [0.4, 0.5) is 0 Å². The lowest BCUT2D eigenvalue weighted by atomic mass is 9.90. The molecule has 156 valence electrons.